The van der Waals surface area contributed by atoms with E-state index in [4.69, 9.17) is 0 Å². The van der Waals surface area contributed by atoms with Gasteiger partial charge in [0.1, 0.15) is 0 Å². The SMILES string of the molecule is CCCC(C)C(NCC)c1cc(C)nc2ccccc12. The van der Waals surface area contributed by atoms with Crippen LogP contribution in [0.3, 0.4) is 0 Å². The normalized spacial score (nSPS) is 14.4. The summed E-state index contributed by atoms with van der Waals surface area (Å²) in [5, 5.41) is 4.96. The summed E-state index contributed by atoms with van der Waals surface area (Å²) in [6, 6.07) is 11.1. The van der Waals surface area contributed by atoms with E-state index < -0.39 is 0 Å². The van der Waals surface area contributed by atoms with Crippen LogP contribution in [0.15, 0.2) is 30.3 Å². The molecule has 1 heterocycles. The number of hydrogen-bond donors (Lipinski definition) is 1. The van der Waals surface area contributed by atoms with E-state index in [9.17, 15) is 0 Å². The van der Waals surface area contributed by atoms with Crippen LogP contribution in [-0.2, 0) is 0 Å². The van der Waals surface area contributed by atoms with Gasteiger partial charge in [0, 0.05) is 17.1 Å². The lowest BCUT2D eigenvalue weighted by atomic mass is 9.88. The van der Waals surface area contributed by atoms with Crippen molar-refractivity contribution in [2.45, 2.75) is 46.6 Å². The van der Waals surface area contributed by atoms with Gasteiger partial charge < -0.3 is 5.32 Å². The monoisotopic (exact) mass is 270 g/mol. The molecule has 0 saturated heterocycles. The van der Waals surface area contributed by atoms with Crippen molar-refractivity contribution in [1.29, 1.82) is 0 Å². The second kappa shape index (κ2) is 6.85. The highest BCUT2D eigenvalue weighted by atomic mass is 14.9. The maximum absolute atomic E-state index is 4.66. The lowest BCUT2D eigenvalue weighted by Crippen LogP contribution is -2.27. The molecule has 0 radical (unpaired) electrons. The van der Waals surface area contributed by atoms with Crippen LogP contribution in [0, 0.1) is 12.8 Å². The number of aromatic nitrogens is 1. The van der Waals surface area contributed by atoms with E-state index in [-0.39, 0.29) is 0 Å². The Bertz CT molecular complexity index is 562. The molecule has 0 fully saturated rings. The summed E-state index contributed by atoms with van der Waals surface area (Å²) in [6.07, 6.45) is 2.47. The average Bonchev–Trinajstić information content (AvgIpc) is 2.44. The van der Waals surface area contributed by atoms with Gasteiger partial charge >= 0.3 is 0 Å². The Morgan fingerprint density at radius 3 is 2.65 bits per heavy atom. The van der Waals surface area contributed by atoms with Crippen LogP contribution >= 0.6 is 0 Å². The Balaban J connectivity index is 2.51. The lowest BCUT2D eigenvalue weighted by Gasteiger charge is -2.26. The third-order valence-corrected chi connectivity index (χ3v) is 3.95. The minimum Gasteiger partial charge on any atom is -0.310 e. The predicted octanol–water partition coefficient (Wildman–Crippen LogP) is 4.63. The van der Waals surface area contributed by atoms with Crippen LogP contribution in [0.2, 0.25) is 0 Å². The Morgan fingerprint density at radius 1 is 1.20 bits per heavy atom. The van der Waals surface area contributed by atoms with E-state index in [0.29, 0.717) is 12.0 Å². The molecule has 2 atom stereocenters. The zero-order valence-corrected chi connectivity index (χ0v) is 13.1. The number of rotatable bonds is 6. The molecule has 2 unspecified atom stereocenters. The van der Waals surface area contributed by atoms with E-state index in [1.165, 1.54) is 23.8 Å². The number of fused-ring (bicyclic) bond motifs is 1. The van der Waals surface area contributed by atoms with Gasteiger partial charge in [0.25, 0.3) is 0 Å². The van der Waals surface area contributed by atoms with Gasteiger partial charge in [0.05, 0.1) is 5.52 Å². The van der Waals surface area contributed by atoms with Crippen LogP contribution in [0.5, 0.6) is 0 Å². The van der Waals surface area contributed by atoms with Crippen molar-refractivity contribution >= 4 is 10.9 Å². The van der Waals surface area contributed by atoms with Gasteiger partial charge in [-0.1, -0.05) is 45.4 Å². The van der Waals surface area contributed by atoms with Crippen molar-refractivity contribution in [3.05, 3.63) is 41.6 Å². The molecule has 1 aromatic heterocycles. The molecular formula is C18H26N2. The quantitative estimate of drug-likeness (QED) is 0.827. The number of hydrogen-bond acceptors (Lipinski definition) is 2. The van der Waals surface area contributed by atoms with Gasteiger partial charge in [-0.15, -0.1) is 0 Å². The maximum Gasteiger partial charge on any atom is 0.0708 e. The smallest absolute Gasteiger partial charge is 0.0708 e. The number of pyridine rings is 1. The molecule has 1 aromatic carbocycles. The number of nitrogens with zero attached hydrogens (tertiary/aromatic N) is 1. The third-order valence-electron chi connectivity index (χ3n) is 3.95. The molecule has 0 saturated carbocycles. The average molecular weight is 270 g/mol. The molecule has 0 aliphatic rings. The number of aryl methyl sites for hydroxylation is 1. The van der Waals surface area contributed by atoms with Gasteiger partial charge in [-0.3, -0.25) is 4.98 Å². The van der Waals surface area contributed by atoms with Crippen LogP contribution in [0.1, 0.15) is 50.9 Å². The largest absolute Gasteiger partial charge is 0.310 e. The second-order valence-electron chi connectivity index (χ2n) is 5.67. The summed E-state index contributed by atoms with van der Waals surface area (Å²) < 4.78 is 0. The highest BCUT2D eigenvalue weighted by molar-refractivity contribution is 5.82. The molecule has 0 bridgehead atoms. The standard InChI is InChI=1S/C18H26N2/c1-5-9-13(3)18(19-6-2)16-12-14(4)20-17-11-8-7-10-15(16)17/h7-8,10-13,18-19H,5-6,9H2,1-4H3. The molecule has 0 spiro atoms. The van der Waals surface area contributed by atoms with Crippen LogP contribution < -0.4 is 5.32 Å². The molecule has 0 aliphatic heterocycles. The molecule has 2 heteroatoms. The summed E-state index contributed by atoms with van der Waals surface area (Å²) in [5.74, 6) is 0.630. The maximum atomic E-state index is 4.66. The number of benzene rings is 1. The van der Waals surface area contributed by atoms with Crippen molar-refractivity contribution < 1.29 is 0 Å². The molecule has 2 aromatic rings. The van der Waals surface area contributed by atoms with Crippen molar-refractivity contribution in [3.8, 4) is 0 Å². The minimum absolute atomic E-state index is 0.409. The highest BCUT2D eigenvalue weighted by Crippen LogP contribution is 2.31. The zero-order chi connectivity index (χ0) is 14.5. The van der Waals surface area contributed by atoms with Crippen molar-refractivity contribution in [3.63, 3.8) is 0 Å². The van der Waals surface area contributed by atoms with Crippen LogP contribution in [0.4, 0.5) is 0 Å². The summed E-state index contributed by atoms with van der Waals surface area (Å²) in [4.78, 5) is 4.66. The van der Waals surface area contributed by atoms with E-state index in [0.717, 1.165) is 17.8 Å². The molecule has 108 valence electrons. The second-order valence-corrected chi connectivity index (χ2v) is 5.67. The Hall–Kier alpha value is -1.41. The van der Waals surface area contributed by atoms with Crippen molar-refractivity contribution in [2.75, 3.05) is 6.54 Å². The van der Waals surface area contributed by atoms with Gasteiger partial charge in [0.2, 0.25) is 0 Å². The van der Waals surface area contributed by atoms with Gasteiger partial charge in [-0.05, 0) is 43.5 Å². The molecule has 2 nitrogen and oxygen atoms in total. The fraction of sp³-hybridized carbons (Fsp3) is 0.500. The molecule has 2 rings (SSSR count). The van der Waals surface area contributed by atoms with E-state index in [2.05, 4.69) is 68.3 Å². The third kappa shape index (κ3) is 3.18. The Kier molecular flexibility index (Phi) is 5.13. The van der Waals surface area contributed by atoms with Crippen molar-refractivity contribution in [1.82, 2.24) is 10.3 Å². The first kappa shape index (κ1) is 15.0. The van der Waals surface area contributed by atoms with Gasteiger partial charge in [-0.2, -0.15) is 0 Å². The summed E-state index contributed by atoms with van der Waals surface area (Å²) >= 11 is 0. The number of para-hydroxylation sites is 1. The van der Waals surface area contributed by atoms with E-state index >= 15 is 0 Å². The first-order chi connectivity index (χ1) is 9.67. The molecule has 1 N–H and O–H groups in total. The summed E-state index contributed by atoms with van der Waals surface area (Å²) in [6.45, 7) is 9.87. The molecule has 20 heavy (non-hydrogen) atoms. The van der Waals surface area contributed by atoms with Crippen LogP contribution in [-0.4, -0.2) is 11.5 Å². The summed E-state index contributed by atoms with van der Waals surface area (Å²) in [7, 11) is 0. The van der Waals surface area contributed by atoms with Crippen molar-refractivity contribution in [2.24, 2.45) is 5.92 Å². The summed E-state index contributed by atoms with van der Waals surface area (Å²) in [5.41, 5.74) is 3.61. The Labute approximate surface area is 122 Å². The van der Waals surface area contributed by atoms with E-state index in [1.54, 1.807) is 0 Å². The fourth-order valence-electron chi connectivity index (χ4n) is 3.06. The highest BCUT2D eigenvalue weighted by Gasteiger charge is 2.20. The van der Waals surface area contributed by atoms with Gasteiger partial charge in [-0.25, -0.2) is 0 Å². The Morgan fingerprint density at radius 2 is 1.95 bits per heavy atom. The minimum atomic E-state index is 0.409. The zero-order valence-electron chi connectivity index (χ0n) is 13.1. The number of nitrogens with one attached hydrogen (secondary N) is 1. The fourth-order valence-corrected chi connectivity index (χ4v) is 3.06. The van der Waals surface area contributed by atoms with E-state index in [1.807, 2.05) is 0 Å². The topological polar surface area (TPSA) is 24.9 Å². The first-order valence-electron chi connectivity index (χ1n) is 7.77. The first-order valence-corrected chi connectivity index (χ1v) is 7.77. The predicted molar refractivity (Wildman–Crippen MR) is 87.0 cm³/mol. The molecule has 0 amide bonds. The van der Waals surface area contributed by atoms with Crippen LogP contribution in [0.25, 0.3) is 10.9 Å². The molecule has 0 aliphatic carbocycles. The molecular weight excluding hydrogens is 244 g/mol. The lowest BCUT2D eigenvalue weighted by molar-refractivity contribution is 0.371. The van der Waals surface area contributed by atoms with Gasteiger partial charge in [0.15, 0.2) is 0 Å².